The Morgan fingerprint density at radius 2 is 1.68 bits per heavy atom. The maximum atomic E-state index is 12.5. The lowest BCUT2D eigenvalue weighted by Crippen LogP contribution is -2.49. The molecule has 5 heteroatoms. The van der Waals surface area contributed by atoms with Crippen molar-refractivity contribution in [1.82, 2.24) is 9.80 Å². The minimum Gasteiger partial charge on any atom is -0.493 e. The average molecular weight is 380 g/mol. The summed E-state index contributed by atoms with van der Waals surface area (Å²) < 4.78 is 11.4. The van der Waals surface area contributed by atoms with Gasteiger partial charge in [-0.05, 0) is 31.2 Å². The highest BCUT2D eigenvalue weighted by Crippen LogP contribution is 2.19. The summed E-state index contributed by atoms with van der Waals surface area (Å²) >= 11 is 0. The molecule has 2 aromatic rings. The highest BCUT2D eigenvalue weighted by atomic mass is 16.5. The van der Waals surface area contributed by atoms with Crippen molar-refractivity contribution in [3.63, 3.8) is 0 Å². The third-order valence-electron chi connectivity index (χ3n) is 4.73. The van der Waals surface area contributed by atoms with Gasteiger partial charge >= 0.3 is 0 Å². The van der Waals surface area contributed by atoms with Crippen LogP contribution in [0.25, 0.3) is 6.08 Å². The number of rotatable bonds is 8. The van der Waals surface area contributed by atoms with Gasteiger partial charge < -0.3 is 14.4 Å². The van der Waals surface area contributed by atoms with E-state index < -0.39 is 0 Å². The van der Waals surface area contributed by atoms with Gasteiger partial charge in [-0.2, -0.15) is 0 Å². The number of nitrogens with zero attached hydrogens (tertiary/aromatic N) is 2. The van der Waals surface area contributed by atoms with Crippen molar-refractivity contribution in [3.05, 3.63) is 66.2 Å². The van der Waals surface area contributed by atoms with E-state index in [4.69, 9.17) is 9.47 Å². The van der Waals surface area contributed by atoms with Crippen LogP contribution < -0.4 is 9.47 Å². The Balaban J connectivity index is 1.42. The molecule has 5 nitrogen and oxygen atoms in total. The van der Waals surface area contributed by atoms with Crippen molar-refractivity contribution in [1.29, 1.82) is 0 Å². The number of ether oxygens (including phenoxy) is 2. The lowest BCUT2D eigenvalue weighted by molar-refractivity contribution is -0.127. The topological polar surface area (TPSA) is 42.0 Å². The van der Waals surface area contributed by atoms with Crippen LogP contribution in [0.3, 0.4) is 0 Å². The molecule has 1 aliphatic heterocycles. The third kappa shape index (κ3) is 5.86. The molecule has 0 aromatic heterocycles. The number of piperazine rings is 1. The smallest absolute Gasteiger partial charge is 0.246 e. The van der Waals surface area contributed by atoms with Crippen LogP contribution >= 0.6 is 0 Å². The minimum atomic E-state index is 0.0477. The highest BCUT2D eigenvalue weighted by Gasteiger charge is 2.19. The van der Waals surface area contributed by atoms with Crippen LogP contribution in [0.1, 0.15) is 12.5 Å². The fourth-order valence-electron chi connectivity index (χ4n) is 3.17. The van der Waals surface area contributed by atoms with Gasteiger partial charge in [0.05, 0.1) is 6.61 Å². The van der Waals surface area contributed by atoms with Crippen LogP contribution in [0.2, 0.25) is 0 Å². The van der Waals surface area contributed by atoms with Crippen molar-refractivity contribution in [2.45, 2.75) is 6.92 Å². The largest absolute Gasteiger partial charge is 0.493 e. The summed E-state index contributed by atoms with van der Waals surface area (Å²) in [5.41, 5.74) is 0.925. The normalized spacial score (nSPS) is 15.0. The number of hydrogen-bond donors (Lipinski definition) is 0. The minimum absolute atomic E-state index is 0.0477. The van der Waals surface area contributed by atoms with Gasteiger partial charge in [-0.25, -0.2) is 0 Å². The molecule has 148 valence electrons. The van der Waals surface area contributed by atoms with Gasteiger partial charge in [0, 0.05) is 44.4 Å². The molecule has 1 fully saturated rings. The van der Waals surface area contributed by atoms with Gasteiger partial charge in [-0.3, -0.25) is 9.69 Å². The molecule has 0 aliphatic carbocycles. The first kappa shape index (κ1) is 20.0. The second-order valence-corrected chi connectivity index (χ2v) is 6.63. The molecule has 1 heterocycles. The summed E-state index contributed by atoms with van der Waals surface area (Å²) in [5.74, 6) is 1.75. The van der Waals surface area contributed by atoms with Crippen LogP contribution in [-0.4, -0.2) is 61.6 Å². The molecule has 0 unspecified atom stereocenters. The van der Waals surface area contributed by atoms with Gasteiger partial charge in [0.15, 0.2) is 0 Å². The molecule has 2 aromatic carbocycles. The van der Waals surface area contributed by atoms with Crippen LogP contribution in [-0.2, 0) is 4.79 Å². The second kappa shape index (κ2) is 10.5. The molecule has 1 aliphatic rings. The maximum Gasteiger partial charge on any atom is 0.246 e. The number of amides is 1. The molecule has 1 saturated heterocycles. The van der Waals surface area contributed by atoms with Crippen LogP contribution in [0.5, 0.6) is 11.5 Å². The van der Waals surface area contributed by atoms with E-state index in [2.05, 4.69) is 4.90 Å². The quantitative estimate of drug-likeness (QED) is 0.659. The number of benzene rings is 2. The Morgan fingerprint density at radius 1 is 0.964 bits per heavy atom. The van der Waals surface area contributed by atoms with E-state index >= 15 is 0 Å². The van der Waals surface area contributed by atoms with Crippen molar-refractivity contribution in [2.75, 3.05) is 45.9 Å². The predicted octanol–water partition coefficient (Wildman–Crippen LogP) is 3.32. The van der Waals surface area contributed by atoms with Gasteiger partial charge in [0.1, 0.15) is 18.1 Å². The van der Waals surface area contributed by atoms with E-state index in [1.807, 2.05) is 72.5 Å². The zero-order valence-corrected chi connectivity index (χ0v) is 16.4. The van der Waals surface area contributed by atoms with E-state index in [9.17, 15) is 4.79 Å². The third-order valence-corrected chi connectivity index (χ3v) is 4.73. The molecule has 0 atom stereocenters. The van der Waals surface area contributed by atoms with Crippen LogP contribution in [0.15, 0.2) is 60.7 Å². The molecule has 0 radical (unpaired) electrons. The monoisotopic (exact) mass is 380 g/mol. The first-order chi connectivity index (χ1) is 13.8. The van der Waals surface area contributed by atoms with Crippen molar-refractivity contribution < 1.29 is 14.3 Å². The highest BCUT2D eigenvalue weighted by molar-refractivity contribution is 5.92. The Hall–Kier alpha value is -2.79. The molecular formula is C23H28N2O3. The van der Waals surface area contributed by atoms with E-state index in [0.717, 1.165) is 49.8 Å². The average Bonchev–Trinajstić information content (AvgIpc) is 2.74. The Bertz CT molecular complexity index is 768. The molecule has 3 rings (SSSR count). The first-order valence-electron chi connectivity index (χ1n) is 9.85. The molecule has 0 spiro atoms. The predicted molar refractivity (Wildman–Crippen MR) is 112 cm³/mol. The SMILES string of the molecule is CCOc1ccccc1/C=C/C(=O)N1CCN(CCOc2ccccc2)CC1. The summed E-state index contributed by atoms with van der Waals surface area (Å²) in [4.78, 5) is 16.7. The molecular weight excluding hydrogens is 352 g/mol. The van der Waals surface area contributed by atoms with E-state index in [-0.39, 0.29) is 5.91 Å². The van der Waals surface area contributed by atoms with Crippen molar-refractivity contribution >= 4 is 12.0 Å². The van der Waals surface area contributed by atoms with Crippen LogP contribution in [0, 0.1) is 0 Å². The van der Waals surface area contributed by atoms with Gasteiger partial charge in [-0.1, -0.05) is 36.4 Å². The Morgan fingerprint density at radius 3 is 2.43 bits per heavy atom. The molecule has 0 bridgehead atoms. The molecule has 0 saturated carbocycles. The van der Waals surface area contributed by atoms with E-state index in [1.165, 1.54) is 0 Å². The van der Waals surface area contributed by atoms with Gasteiger partial charge in [0.2, 0.25) is 5.91 Å². The number of carbonyl (C=O) groups is 1. The summed E-state index contributed by atoms with van der Waals surface area (Å²) in [7, 11) is 0. The zero-order valence-electron chi connectivity index (χ0n) is 16.4. The fourth-order valence-corrected chi connectivity index (χ4v) is 3.17. The Kier molecular flexibility index (Phi) is 7.50. The Labute approximate surface area is 167 Å². The lowest BCUT2D eigenvalue weighted by atomic mass is 10.2. The number of hydrogen-bond acceptors (Lipinski definition) is 4. The maximum absolute atomic E-state index is 12.5. The summed E-state index contributed by atoms with van der Waals surface area (Å²) in [6.45, 7) is 7.30. The number of para-hydroxylation sites is 2. The molecule has 0 N–H and O–H groups in total. The standard InChI is InChI=1S/C23H28N2O3/c1-2-27-22-11-7-6-8-20(22)12-13-23(26)25-16-14-24(15-17-25)18-19-28-21-9-4-3-5-10-21/h3-13H,2,14-19H2,1H3/b13-12+. The van der Waals surface area contributed by atoms with Crippen molar-refractivity contribution in [2.24, 2.45) is 0 Å². The summed E-state index contributed by atoms with van der Waals surface area (Å²) in [6, 6.07) is 17.6. The summed E-state index contributed by atoms with van der Waals surface area (Å²) in [5, 5.41) is 0. The van der Waals surface area contributed by atoms with Gasteiger partial charge in [0.25, 0.3) is 0 Å². The summed E-state index contributed by atoms with van der Waals surface area (Å²) in [6.07, 6.45) is 3.49. The van der Waals surface area contributed by atoms with Crippen molar-refractivity contribution in [3.8, 4) is 11.5 Å². The van der Waals surface area contributed by atoms with E-state index in [1.54, 1.807) is 6.08 Å². The second-order valence-electron chi connectivity index (χ2n) is 6.63. The van der Waals surface area contributed by atoms with Crippen LogP contribution in [0.4, 0.5) is 0 Å². The molecule has 28 heavy (non-hydrogen) atoms. The first-order valence-corrected chi connectivity index (χ1v) is 9.85. The van der Waals surface area contributed by atoms with E-state index in [0.29, 0.717) is 13.2 Å². The molecule has 1 amide bonds. The van der Waals surface area contributed by atoms with Gasteiger partial charge in [-0.15, -0.1) is 0 Å². The fraction of sp³-hybridized carbons (Fsp3) is 0.348. The zero-order chi connectivity index (χ0) is 19.6. The lowest BCUT2D eigenvalue weighted by Gasteiger charge is -2.34. The number of carbonyl (C=O) groups excluding carboxylic acids is 1.